The van der Waals surface area contributed by atoms with Crippen molar-refractivity contribution in [2.24, 2.45) is 5.84 Å². The summed E-state index contributed by atoms with van der Waals surface area (Å²) in [6.45, 7) is 5.65. The molecule has 1 atom stereocenters. The number of nitrogens with two attached hydrogens (primary N) is 1. The quantitative estimate of drug-likeness (QED) is 0.645. The van der Waals surface area contributed by atoms with Crippen LogP contribution in [0.4, 0.5) is 0 Å². The largest absolute Gasteiger partial charge is 0.381 e. The summed E-state index contributed by atoms with van der Waals surface area (Å²) in [5, 5.41) is 0. The molecule has 19 heavy (non-hydrogen) atoms. The van der Waals surface area contributed by atoms with Crippen LogP contribution in [0.25, 0.3) is 0 Å². The SMILES string of the molecule is COC1(C(NN)c2cc(C)cc(C)c2)CCOCC1. The van der Waals surface area contributed by atoms with Crippen LogP contribution in [-0.2, 0) is 9.47 Å². The van der Waals surface area contributed by atoms with Crippen molar-refractivity contribution in [3.05, 3.63) is 34.9 Å². The molecule has 3 N–H and O–H groups in total. The van der Waals surface area contributed by atoms with Crippen molar-refractivity contribution >= 4 is 0 Å². The Morgan fingerprint density at radius 2 is 1.79 bits per heavy atom. The van der Waals surface area contributed by atoms with Crippen molar-refractivity contribution < 1.29 is 9.47 Å². The maximum Gasteiger partial charge on any atom is 0.0929 e. The number of benzene rings is 1. The summed E-state index contributed by atoms with van der Waals surface area (Å²) in [6, 6.07) is 6.50. The first kappa shape index (κ1) is 14.5. The molecule has 1 aromatic carbocycles. The molecule has 1 unspecified atom stereocenters. The van der Waals surface area contributed by atoms with E-state index in [9.17, 15) is 0 Å². The number of methoxy groups -OCH3 is 1. The van der Waals surface area contributed by atoms with E-state index in [0.29, 0.717) is 0 Å². The molecule has 1 aromatic rings. The predicted molar refractivity (Wildman–Crippen MR) is 75.8 cm³/mol. The molecule has 0 spiro atoms. The summed E-state index contributed by atoms with van der Waals surface area (Å²) in [5.41, 5.74) is 6.34. The van der Waals surface area contributed by atoms with Gasteiger partial charge in [0.25, 0.3) is 0 Å². The smallest absolute Gasteiger partial charge is 0.0929 e. The van der Waals surface area contributed by atoms with Gasteiger partial charge in [-0.05, 0) is 19.4 Å². The molecule has 0 radical (unpaired) electrons. The van der Waals surface area contributed by atoms with E-state index in [4.69, 9.17) is 15.3 Å². The van der Waals surface area contributed by atoms with E-state index in [-0.39, 0.29) is 11.6 Å². The van der Waals surface area contributed by atoms with Gasteiger partial charge in [0.2, 0.25) is 0 Å². The van der Waals surface area contributed by atoms with Crippen molar-refractivity contribution in [1.82, 2.24) is 5.43 Å². The van der Waals surface area contributed by atoms with E-state index in [2.05, 4.69) is 37.5 Å². The molecule has 1 fully saturated rings. The average molecular weight is 264 g/mol. The third-order valence-electron chi connectivity index (χ3n) is 4.02. The number of hydrogen-bond donors (Lipinski definition) is 2. The summed E-state index contributed by atoms with van der Waals surface area (Å²) >= 11 is 0. The Labute approximate surface area is 115 Å². The van der Waals surface area contributed by atoms with Crippen LogP contribution in [0.3, 0.4) is 0 Å². The fourth-order valence-corrected chi connectivity index (χ4v) is 3.06. The number of ether oxygens (including phenoxy) is 2. The van der Waals surface area contributed by atoms with E-state index in [0.717, 1.165) is 26.1 Å². The van der Waals surface area contributed by atoms with Gasteiger partial charge in [0.05, 0.1) is 11.6 Å². The summed E-state index contributed by atoms with van der Waals surface area (Å²) in [7, 11) is 1.76. The molecule has 0 amide bonds. The second kappa shape index (κ2) is 6.01. The van der Waals surface area contributed by atoms with Gasteiger partial charge < -0.3 is 9.47 Å². The zero-order chi connectivity index (χ0) is 13.9. The lowest BCUT2D eigenvalue weighted by Gasteiger charge is -2.42. The maximum absolute atomic E-state index is 5.84. The molecule has 2 rings (SSSR count). The van der Waals surface area contributed by atoms with Gasteiger partial charge in [-0.25, -0.2) is 0 Å². The fourth-order valence-electron chi connectivity index (χ4n) is 3.06. The molecule has 4 heteroatoms. The van der Waals surface area contributed by atoms with Gasteiger partial charge in [-0.15, -0.1) is 0 Å². The number of hydrazine groups is 1. The zero-order valence-corrected chi connectivity index (χ0v) is 12.0. The Morgan fingerprint density at radius 3 is 2.26 bits per heavy atom. The van der Waals surface area contributed by atoms with E-state index in [1.165, 1.54) is 16.7 Å². The Balaban J connectivity index is 2.36. The highest BCUT2D eigenvalue weighted by atomic mass is 16.5. The zero-order valence-electron chi connectivity index (χ0n) is 12.0. The van der Waals surface area contributed by atoms with Crippen LogP contribution in [-0.4, -0.2) is 25.9 Å². The molecular formula is C15H24N2O2. The highest BCUT2D eigenvalue weighted by molar-refractivity contribution is 5.32. The molecule has 0 bridgehead atoms. The molecule has 1 heterocycles. The van der Waals surface area contributed by atoms with Gasteiger partial charge in [-0.1, -0.05) is 29.3 Å². The summed E-state index contributed by atoms with van der Waals surface area (Å²) < 4.78 is 11.3. The van der Waals surface area contributed by atoms with Crippen molar-refractivity contribution in [3.63, 3.8) is 0 Å². The van der Waals surface area contributed by atoms with E-state index in [1.807, 2.05) is 0 Å². The second-order valence-electron chi connectivity index (χ2n) is 5.40. The molecule has 1 aliphatic heterocycles. The standard InChI is InChI=1S/C15H24N2O2/c1-11-8-12(2)10-13(9-11)14(17-16)15(18-3)4-6-19-7-5-15/h8-10,14,17H,4-7,16H2,1-3H3. The number of rotatable bonds is 4. The normalized spacial score (nSPS) is 20.2. The Bertz CT molecular complexity index is 408. The average Bonchev–Trinajstić information content (AvgIpc) is 2.39. The monoisotopic (exact) mass is 264 g/mol. The topological polar surface area (TPSA) is 56.5 Å². The summed E-state index contributed by atoms with van der Waals surface area (Å²) in [5.74, 6) is 5.83. The number of nitrogens with one attached hydrogen (secondary N) is 1. The molecule has 4 nitrogen and oxygen atoms in total. The van der Waals surface area contributed by atoms with Crippen molar-refractivity contribution in [2.45, 2.75) is 38.3 Å². The van der Waals surface area contributed by atoms with Crippen LogP contribution >= 0.6 is 0 Å². The molecular weight excluding hydrogens is 240 g/mol. The summed E-state index contributed by atoms with van der Waals surface area (Å²) in [6.07, 6.45) is 1.71. The predicted octanol–water partition coefficient (Wildman–Crippen LogP) is 2.00. The lowest BCUT2D eigenvalue weighted by atomic mass is 9.81. The summed E-state index contributed by atoms with van der Waals surface area (Å²) in [4.78, 5) is 0. The van der Waals surface area contributed by atoms with Crippen LogP contribution < -0.4 is 11.3 Å². The van der Waals surface area contributed by atoms with Crippen LogP contribution in [0.2, 0.25) is 0 Å². The van der Waals surface area contributed by atoms with Gasteiger partial charge in [0.1, 0.15) is 0 Å². The minimum atomic E-state index is -0.284. The first-order chi connectivity index (χ1) is 9.11. The molecule has 1 saturated heterocycles. The van der Waals surface area contributed by atoms with Crippen LogP contribution in [0, 0.1) is 13.8 Å². The van der Waals surface area contributed by atoms with Crippen LogP contribution in [0.1, 0.15) is 35.6 Å². The second-order valence-corrected chi connectivity index (χ2v) is 5.40. The first-order valence-corrected chi connectivity index (χ1v) is 6.78. The maximum atomic E-state index is 5.84. The molecule has 0 aromatic heterocycles. The highest BCUT2D eigenvalue weighted by Crippen LogP contribution is 2.37. The minimum absolute atomic E-state index is 0.0139. The third kappa shape index (κ3) is 2.98. The van der Waals surface area contributed by atoms with E-state index in [1.54, 1.807) is 7.11 Å². The number of aryl methyl sites for hydroxylation is 2. The van der Waals surface area contributed by atoms with Gasteiger partial charge in [0.15, 0.2) is 0 Å². The van der Waals surface area contributed by atoms with Crippen molar-refractivity contribution in [2.75, 3.05) is 20.3 Å². The lowest BCUT2D eigenvalue weighted by molar-refractivity contribution is -0.111. The van der Waals surface area contributed by atoms with Crippen LogP contribution in [0.15, 0.2) is 18.2 Å². The van der Waals surface area contributed by atoms with Gasteiger partial charge in [-0.2, -0.15) is 0 Å². The molecule has 1 aliphatic rings. The Hall–Kier alpha value is -0.940. The van der Waals surface area contributed by atoms with Gasteiger partial charge >= 0.3 is 0 Å². The first-order valence-electron chi connectivity index (χ1n) is 6.78. The van der Waals surface area contributed by atoms with Crippen molar-refractivity contribution in [3.8, 4) is 0 Å². The Kier molecular flexibility index (Phi) is 4.58. The van der Waals surface area contributed by atoms with Gasteiger partial charge in [-0.3, -0.25) is 11.3 Å². The number of hydrogen-bond acceptors (Lipinski definition) is 4. The third-order valence-corrected chi connectivity index (χ3v) is 4.02. The highest BCUT2D eigenvalue weighted by Gasteiger charge is 2.41. The molecule has 0 aliphatic carbocycles. The van der Waals surface area contributed by atoms with Crippen molar-refractivity contribution in [1.29, 1.82) is 0 Å². The Morgan fingerprint density at radius 1 is 1.21 bits per heavy atom. The van der Waals surface area contributed by atoms with Gasteiger partial charge in [0, 0.05) is 33.2 Å². The van der Waals surface area contributed by atoms with E-state index < -0.39 is 0 Å². The molecule has 0 saturated carbocycles. The minimum Gasteiger partial charge on any atom is -0.381 e. The molecule has 106 valence electrons. The lowest BCUT2D eigenvalue weighted by Crippen LogP contribution is -2.51. The van der Waals surface area contributed by atoms with Crippen LogP contribution in [0.5, 0.6) is 0 Å². The van der Waals surface area contributed by atoms with E-state index >= 15 is 0 Å². The fraction of sp³-hybridized carbons (Fsp3) is 0.600.